The monoisotopic (exact) mass is 488 g/mol. The van der Waals surface area contributed by atoms with E-state index in [4.69, 9.17) is 4.42 Å². The van der Waals surface area contributed by atoms with Crippen LogP contribution in [-0.4, -0.2) is 44.1 Å². The number of oxazole rings is 1. The van der Waals surface area contributed by atoms with Crippen LogP contribution in [0.3, 0.4) is 0 Å². The number of aromatic nitrogens is 1. The van der Waals surface area contributed by atoms with Crippen LogP contribution in [0.2, 0.25) is 0 Å². The van der Waals surface area contributed by atoms with Gasteiger partial charge in [-0.3, -0.25) is 9.59 Å². The number of nitrogens with one attached hydrogen (secondary N) is 2. The van der Waals surface area contributed by atoms with Gasteiger partial charge in [0.25, 0.3) is 11.8 Å². The summed E-state index contributed by atoms with van der Waals surface area (Å²) in [5.74, 6) is 0.0471. The van der Waals surface area contributed by atoms with Crippen LogP contribution in [0.5, 0.6) is 0 Å². The van der Waals surface area contributed by atoms with Crippen molar-refractivity contribution in [3.05, 3.63) is 84.4 Å². The molecule has 0 fully saturated rings. The van der Waals surface area contributed by atoms with Crippen molar-refractivity contribution in [3.63, 3.8) is 0 Å². The Hall–Kier alpha value is -4.20. The molecule has 3 aromatic carbocycles. The van der Waals surface area contributed by atoms with Crippen molar-refractivity contribution in [2.75, 3.05) is 32.2 Å². The van der Waals surface area contributed by atoms with Gasteiger partial charge < -0.3 is 20.0 Å². The Morgan fingerprint density at radius 3 is 2.53 bits per heavy atom. The minimum atomic E-state index is -1.06. The lowest BCUT2D eigenvalue weighted by Crippen LogP contribution is -2.30. The molecule has 36 heavy (non-hydrogen) atoms. The summed E-state index contributed by atoms with van der Waals surface area (Å²) in [6.07, 6.45) is 2.59. The zero-order valence-electron chi connectivity index (χ0n) is 20.3. The Morgan fingerprint density at radius 1 is 1.03 bits per heavy atom. The second kappa shape index (κ2) is 11.5. The summed E-state index contributed by atoms with van der Waals surface area (Å²) in [4.78, 5) is 30.9. The third-order valence-corrected chi connectivity index (χ3v) is 5.90. The number of alkyl halides is 1. The second-order valence-electron chi connectivity index (χ2n) is 8.72. The number of carbonyl (C=O) groups excluding carboxylic acids is 2. The van der Waals surface area contributed by atoms with E-state index >= 15 is 0 Å². The van der Waals surface area contributed by atoms with Crippen molar-refractivity contribution in [1.82, 2.24) is 15.6 Å². The lowest BCUT2D eigenvalue weighted by atomic mass is 10.0. The highest BCUT2D eigenvalue weighted by molar-refractivity contribution is 5.99. The van der Waals surface area contributed by atoms with Gasteiger partial charge in [0.15, 0.2) is 12.4 Å². The average Bonchev–Trinajstić information content (AvgIpc) is 3.40. The highest BCUT2D eigenvalue weighted by atomic mass is 19.1. The topological polar surface area (TPSA) is 87.5 Å². The number of amides is 2. The predicted molar refractivity (Wildman–Crippen MR) is 139 cm³/mol. The molecule has 0 saturated heterocycles. The van der Waals surface area contributed by atoms with Crippen molar-refractivity contribution in [3.8, 4) is 11.3 Å². The fourth-order valence-corrected chi connectivity index (χ4v) is 3.92. The van der Waals surface area contributed by atoms with E-state index in [-0.39, 0.29) is 12.5 Å². The molecule has 4 aromatic rings. The molecule has 0 radical (unpaired) electrons. The molecule has 1 aromatic heterocycles. The Morgan fingerprint density at radius 2 is 1.78 bits per heavy atom. The summed E-state index contributed by atoms with van der Waals surface area (Å²) < 4.78 is 18.4. The lowest BCUT2D eigenvalue weighted by molar-refractivity contribution is -0.121. The molecular weight excluding hydrogens is 459 g/mol. The maximum atomic E-state index is 13.2. The summed E-state index contributed by atoms with van der Waals surface area (Å²) in [5.41, 5.74) is 2.48. The number of nitrogens with zero attached hydrogens (tertiary/aromatic N) is 2. The molecule has 0 spiro atoms. The molecule has 0 aliphatic carbocycles. The zero-order chi connectivity index (χ0) is 25.5. The Kier molecular flexibility index (Phi) is 7.95. The molecule has 0 aliphatic rings. The quantitative estimate of drug-likeness (QED) is 0.310. The van der Waals surface area contributed by atoms with Gasteiger partial charge in [-0.1, -0.05) is 42.5 Å². The van der Waals surface area contributed by atoms with E-state index in [1.807, 2.05) is 73.6 Å². The molecule has 0 saturated carbocycles. The van der Waals surface area contributed by atoms with E-state index < -0.39 is 18.6 Å². The first-order valence-electron chi connectivity index (χ1n) is 11.8. The molecule has 0 aliphatic heterocycles. The molecule has 186 valence electrons. The third-order valence-electron chi connectivity index (χ3n) is 5.90. The SMILES string of the molecule is CN(C)c1ccc2cc(C(=O)N[C@@H](CCCNC(=O)CF)c3ncc(-c4ccccc4)o3)ccc2c1. The number of anilines is 1. The van der Waals surface area contributed by atoms with Crippen LogP contribution in [0, 0.1) is 0 Å². The van der Waals surface area contributed by atoms with E-state index in [1.165, 1.54) is 0 Å². The molecule has 1 atom stereocenters. The first-order chi connectivity index (χ1) is 17.4. The normalized spacial score (nSPS) is 11.8. The number of rotatable bonds is 10. The Labute approximate surface area is 209 Å². The van der Waals surface area contributed by atoms with Gasteiger partial charge in [0.05, 0.1) is 6.20 Å². The van der Waals surface area contributed by atoms with Crippen LogP contribution in [0.15, 0.2) is 77.3 Å². The Bertz CT molecular complexity index is 1340. The number of hydrogen-bond donors (Lipinski definition) is 2. The van der Waals surface area contributed by atoms with E-state index in [2.05, 4.69) is 21.7 Å². The average molecular weight is 489 g/mol. The minimum Gasteiger partial charge on any atom is -0.438 e. The van der Waals surface area contributed by atoms with Gasteiger partial charge in [0.2, 0.25) is 5.89 Å². The van der Waals surface area contributed by atoms with Crippen LogP contribution >= 0.6 is 0 Å². The van der Waals surface area contributed by atoms with Crippen molar-refractivity contribution >= 4 is 28.3 Å². The van der Waals surface area contributed by atoms with Crippen molar-refractivity contribution in [1.29, 1.82) is 0 Å². The summed E-state index contributed by atoms with van der Waals surface area (Å²) in [5, 5.41) is 7.53. The van der Waals surface area contributed by atoms with Crippen LogP contribution in [0.1, 0.15) is 35.1 Å². The van der Waals surface area contributed by atoms with E-state index in [0.29, 0.717) is 30.1 Å². The number of benzene rings is 3. The Balaban J connectivity index is 1.53. The van der Waals surface area contributed by atoms with Crippen LogP contribution < -0.4 is 15.5 Å². The highest BCUT2D eigenvalue weighted by Crippen LogP contribution is 2.26. The number of fused-ring (bicyclic) bond motifs is 1. The molecule has 8 heteroatoms. The van der Waals surface area contributed by atoms with Gasteiger partial charge in [0, 0.05) is 37.5 Å². The zero-order valence-corrected chi connectivity index (χ0v) is 20.3. The summed E-state index contributed by atoms with van der Waals surface area (Å²) in [6.45, 7) is -0.774. The maximum absolute atomic E-state index is 13.2. The highest BCUT2D eigenvalue weighted by Gasteiger charge is 2.21. The fourth-order valence-electron chi connectivity index (χ4n) is 3.92. The van der Waals surface area contributed by atoms with Gasteiger partial charge in [-0.05, 0) is 47.9 Å². The minimum absolute atomic E-state index is 0.258. The summed E-state index contributed by atoms with van der Waals surface area (Å²) in [6, 6.07) is 20.7. The van der Waals surface area contributed by atoms with Crippen molar-refractivity contribution in [2.24, 2.45) is 0 Å². The van der Waals surface area contributed by atoms with Gasteiger partial charge >= 0.3 is 0 Å². The van der Waals surface area contributed by atoms with Gasteiger partial charge in [0.1, 0.15) is 6.04 Å². The number of carbonyl (C=O) groups is 2. The molecule has 1 heterocycles. The van der Waals surface area contributed by atoms with E-state index in [9.17, 15) is 14.0 Å². The molecule has 2 amide bonds. The first-order valence-corrected chi connectivity index (χ1v) is 11.8. The van der Waals surface area contributed by atoms with Crippen molar-refractivity contribution < 1.29 is 18.4 Å². The van der Waals surface area contributed by atoms with E-state index in [0.717, 1.165) is 22.0 Å². The number of halogens is 1. The van der Waals surface area contributed by atoms with Gasteiger partial charge in [-0.25, -0.2) is 9.37 Å². The van der Waals surface area contributed by atoms with Gasteiger partial charge in [-0.2, -0.15) is 0 Å². The predicted octanol–water partition coefficient (Wildman–Crippen LogP) is 4.90. The van der Waals surface area contributed by atoms with Crippen LogP contribution in [-0.2, 0) is 4.79 Å². The second-order valence-corrected chi connectivity index (χ2v) is 8.72. The first kappa shape index (κ1) is 24.9. The summed E-state index contributed by atoms with van der Waals surface area (Å²) >= 11 is 0. The van der Waals surface area contributed by atoms with Crippen LogP contribution in [0.4, 0.5) is 10.1 Å². The molecular formula is C28H29FN4O3. The van der Waals surface area contributed by atoms with Gasteiger partial charge in [-0.15, -0.1) is 0 Å². The molecule has 7 nitrogen and oxygen atoms in total. The molecule has 0 bridgehead atoms. The molecule has 2 N–H and O–H groups in total. The van der Waals surface area contributed by atoms with Crippen molar-refractivity contribution in [2.45, 2.75) is 18.9 Å². The smallest absolute Gasteiger partial charge is 0.251 e. The fraction of sp³-hybridized carbons (Fsp3) is 0.250. The van der Waals surface area contributed by atoms with E-state index in [1.54, 1.807) is 12.3 Å². The third kappa shape index (κ3) is 6.07. The molecule has 0 unspecified atom stereocenters. The lowest BCUT2D eigenvalue weighted by Gasteiger charge is -2.17. The maximum Gasteiger partial charge on any atom is 0.251 e. The number of hydrogen-bond acceptors (Lipinski definition) is 5. The molecule has 4 rings (SSSR count). The standard InChI is InChI=1S/C28H29FN4O3/c1-33(2)23-13-12-20-15-22(11-10-21(20)16-23)27(35)32-24(9-6-14-30-26(34)17-29)28-31-18-25(36-28)19-7-4-3-5-8-19/h3-5,7-8,10-13,15-16,18,24H,6,9,14,17H2,1-2H3,(H,30,34)(H,32,35)/t24-/m0/s1. The van der Waals surface area contributed by atoms with Crippen LogP contribution in [0.25, 0.3) is 22.1 Å². The summed E-state index contributed by atoms with van der Waals surface area (Å²) in [7, 11) is 3.97. The largest absolute Gasteiger partial charge is 0.438 e.